The fourth-order valence-corrected chi connectivity index (χ4v) is 3.76. The number of hydroxylamine groups is 1. The molecule has 2 aromatic rings. The number of rotatable bonds is 4. The molecule has 9 nitrogen and oxygen atoms in total. The predicted molar refractivity (Wildman–Crippen MR) is 85.6 cm³/mol. The first-order chi connectivity index (χ1) is 11.4. The highest BCUT2D eigenvalue weighted by Gasteiger charge is 2.34. The normalized spacial score (nSPS) is 17.4. The van der Waals surface area contributed by atoms with E-state index in [4.69, 9.17) is 0 Å². The first kappa shape index (κ1) is 16.8. The molecule has 3 N–H and O–H groups in total. The Morgan fingerprint density at radius 1 is 1.42 bits per heavy atom. The number of aromatic nitrogens is 2. The van der Waals surface area contributed by atoms with Crippen molar-refractivity contribution in [2.75, 3.05) is 16.8 Å². The summed E-state index contributed by atoms with van der Waals surface area (Å²) < 4.78 is 40.5. The van der Waals surface area contributed by atoms with Gasteiger partial charge in [-0.05, 0) is 44.4 Å². The molecule has 1 saturated heterocycles. The maximum Gasteiger partial charge on any atom is 0.202 e. The Kier molecular flexibility index (Phi) is 4.51. The quantitative estimate of drug-likeness (QED) is 0.383. The molecular formula is C12H11BrFN5O4S. The molecule has 128 valence electrons. The van der Waals surface area contributed by atoms with Gasteiger partial charge in [0.15, 0.2) is 21.4 Å². The maximum atomic E-state index is 13.3. The van der Waals surface area contributed by atoms with Gasteiger partial charge in [0.2, 0.25) is 5.82 Å². The van der Waals surface area contributed by atoms with Crippen LogP contribution in [0.2, 0.25) is 0 Å². The predicted octanol–water partition coefficient (Wildman–Crippen LogP) is 1.24. The van der Waals surface area contributed by atoms with E-state index >= 15 is 0 Å². The van der Waals surface area contributed by atoms with E-state index in [1.807, 2.05) is 5.48 Å². The van der Waals surface area contributed by atoms with Crippen LogP contribution in [0.3, 0.4) is 0 Å². The number of nitrogens with one attached hydrogen (secondary N) is 2. The van der Waals surface area contributed by atoms with Crippen molar-refractivity contribution in [3.63, 3.8) is 0 Å². The Labute approximate surface area is 143 Å². The molecule has 1 aromatic carbocycles. The zero-order valence-corrected chi connectivity index (χ0v) is 14.3. The van der Waals surface area contributed by atoms with Gasteiger partial charge in [-0.3, -0.25) is 10.7 Å². The fourth-order valence-electron chi connectivity index (χ4n) is 2.09. The van der Waals surface area contributed by atoms with E-state index in [1.165, 1.54) is 18.2 Å². The zero-order chi connectivity index (χ0) is 17.3. The minimum absolute atomic E-state index is 0.0246. The van der Waals surface area contributed by atoms with Gasteiger partial charge in [-0.25, -0.2) is 22.4 Å². The number of anilines is 1. The van der Waals surface area contributed by atoms with Crippen LogP contribution in [0.15, 0.2) is 32.3 Å². The Balaban J connectivity index is 1.85. The van der Waals surface area contributed by atoms with Crippen molar-refractivity contribution in [2.45, 2.75) is 6.04 Å². The number of amidine groups is 1. The van der Waals surface area contributed by atoms with Crippen molar-refractivity contribution in [1.82, 2.24) is 15.8 Å². The Morgan fingerprint density at radius 2 is 2.17 bits per heavy atom. The molecule has 1 fully saturated rings. The zero-order valence-electron chi connectivity index (χ0n) is 11.9. The fraction of sp³-hybridized carbons (Fsp3) is 0.250. The van der Waals surface area contributed by atoms with Gasteiger partial charge in [0, 0.05) is 0 Å². The highest BCUT2D eigenvalue weighted by molar-refractivity contribution is 9.10. The van der Waals surface area contributed by atoms with E-state index in [-0.39, 0.29) is 39.4 Å². The molecule has 0 radical (unpaired) electrons. The second-order valence-electron chi connectivity index (χ2n) is 5.05. The number of sulfone groups is 1. The van der Waals surface area contributed by atoms with Crippen LogP contribution in [-0.2, 0) is 9.84 Å². The first-order valence-corrected chi connectivity index (χ1v) is 9.23. The molecule has 12 heteroatoms. The number of hydrogen-bond acceptors (Lipinski definition) is 8. The van der Waals surface area contributed by atoms with Crippen LogP contribution in [0.25, 0.3) is 0 Å². The van der Waals surface area contributed by atoms with Crippen LogP contribution in [0.1, 0.15) is 5.69 Å². The molecule has 1 aromatic heterocycles. The van der Waals surface area contributed by atoms with E-state index in [2.05, 4.69) is 41.2 Å². The third-order valence-electron chi connectivity index (χ3n) is 3.21. The average Bonchev–Trinajstić information content (AvgIpc) is 2.94. The molecule has 1 aliphatic rings. The summed E-state index contributed by atoms with van der Waals surface area (Å²) in [6, 6.07) is 3.69. The van der Waals surface area contributed by atoms with Crippen molar-refractivity contribution < 1.29 is 22.6 Å². The second kappa shape index (κ2) is 6.45. The average molecular weight is 420 g/mol. The number of nitrogens with zero attached hydrogens (tertiary/aromatic N) is 3. The van der Waals surface area contributed by atoms with Gasteiger partial charge in [0.05, 0.1) is 27.7 Å². The molecule has 0 saturated carbocycles. The number of benzene rings is 1. The van der Waals surface area contributed by atoms with E-state index in [0.717, 1.165) is 0 Å². The molecule has 0 amide bonds. The Hall–Kier alpha value is -2.05. The highest BCUT2D eigenvalue weighted by atomic mass is 79.9. The third-order valence-corrected chi connectivity index (χ3v) is 5.64. The van der Waals surface area contributed by atoms with Crippen molar-refractivity contribution in [1.29, 1.82) is 0 Å². The lowest BCUT2D eigenvalue weighted by Gasteiger charge is -2.26. The monoisotopic (exact) mass is 419 g/mol. The molecule has 0 aliphatic carbocycles. The van der Waals surface area contributed by atoms with E-state index in [9.17, 15) is 18.0 Å². The van der Waals surface area contributed by atoms with Gasteiger partial charge in [-0.1, -0.05) is 0 Å². The summed E-state index contributed by atoms with van der Waals surface area (Å²) in [6.07, 6.45) is 0. The van der Waals surface area contributed by atoms with Crippen LogP contribution < -0.4 is 10.8 Å². The number of hydrogen-bond donors (Lipinski definition) is 3. The van der Waals surface area contributed by atoms with Gasteiger partial charge in [-0.15, -0.1) is 0 Å². The lowest BCUT2D eigenvalue weighted by atomic mass is 10.3. The minimum atomic E-state index is -3.01. The molecule has 0 atom stereocenters. The summed E-state index contributed by atoms with van der Waals surface area (Å²) in [4.78, 5) is 4.10. The molecule has 3 rings (SSSR count). The second-order valence-corrected chi connectivity index (χ2v) is 8.06. The van der Waals surface area contributed by atoms with Crippen molar-refractivity contribution in [3.05, 3.63) is 34.2 Å². The standard InChI is InChI=1S/C12H11BrFN5O4S/c13-8-3-6(1-2-9(8)14)15-11(17-20)10-12(19-23-18-10)16-7-4-24(21,22)5-7/h1-3,7,20H,4-5H2,(H,15,17)(H,16,19). The van der Waals surface area contributed by atoms with E-state index in [1.54, 1.807) is 0 Å². The molecular weight excluding hydrogens is 409 g/mol. The maximum absolute atomic E-state index is 13.3. The molecule has 1 aliphatic heterocycles. The summed E-state index contributed by atoms with van der Waals surface area (Å²) in [7, 11) is -3.01. The van der Waals surface area contributed by atoms with Crippen LogP contribution in [-0.4, -0.2) is 47.3 Å². The van der Waals surface area contributed by atoms with Crippen LogP contribution in [0.5, 0.6) is 0 Å². The molecule has 2 heterocycles. The van der Waals surface area contributed by atoms with Crippen LogP contribution >= 0.6 is 15.9 Å². The van der Waals surface area contributed by atoms with Gasteiger partial charge in [-0.2, -0.15) is 0 Å². The smallest absolute Gasteiger partial charge is 0.202 e. The van der Waals surface area contributed by atoms with Crippen LogP contribution in [0.4, 0.5) is 15.9 Å². The van der Waals surface area contributed by atoms with Gasteiger partial charge in [0.1, 0.15) is 5.82 Å². The molecule has 0 bridgehead atoms. The third kappa shape index (κ3) is 3.55. The lowest BCUT2D eigenvalue weighted by molar-refractivity contribution is 0.234. The topological polar surface area (TPSA) is 130 Å². The SMILES string of the molecule is O=S1(=O)CC(Nc2nonc2C(=Nc2ccc(F)c(Br)c2)NO)C1. The largest absolute Gasteiger partial charge is 0.360 e. The van der Waals surface area contributed by atoms with Crippen molar-refractivity contribution in [2.24, 2.45) is 4.99 Å². The Morgan fingerprint density at radius 3 is 2.79 bits per heavy atom. The van der Waals surface area contributed by atoms with E-state index in [0.29, 0.717) is 5.69 Å². The summed E-state index contributed by atoms with van der Waals surface area (Å²) >= 11 is 3.04. The molecule has 24 heavy (non-hydrogen) atoms. The van der Waals surface area contributed by atoms with Gasteiger partial charge >= 0.3 is 0 Å². The van der Waals surface area contributed by atoms with Crippen molar-refractivity contribution >= 4 is 43.1 Å². The summed E-state index contributed by atoms with van der Waals surface area (Å²) in [5.41, 5.74) is 2.26. The summed E-state index contributed by atoms with van der Waals surface area (Å²) in [5.74, 6) is -0.466. The van der Waals surface area contributed by atoms with Crippen LogP contribution in [0, 0.1) is 5.82 Å². The number of halogens is 2. The summed E-state index contributed by atoms with van der Waals surface area (Å²) in [6.45, 7) is 0. The van der Waals surface area contributed by atoms with Gasteiger partial charge in [0.25, 0.3) is 0 Å². The molecule has 0 spiro atoms. The highest BCUT2D eigenvalue weighted by Crippen LogP contribution is 2.24. The lowest BCUT2D eigenvalue weighted by Crippen LogP contribution is -2.46. The van der Waals surface area contributed by atoms with Gasteiger partial charge < -0.3 is 5.32 Å². The van der Waals surface area contributed by atoms with E-state index < -0.39 is 15.7 Å². The Bertz CT molecular complexity index is 889. The molecule has 0 unspecified atom stereocenters. The minimum Gasteiger partial charge on any atom is -0.360 e. The first-order valence-electron chi connectivity index (χ1n) is 6.62. The summed E-state index contributed by atoms with van der Waals surface area (Å²) in [5, 5.41) is 19.4. The van der Waals surface area contributed by atoms with Crippen molar-refractivity contribution in [3.8, 4) is 0 Å². The number of aliphatic imine (C=N–C) groups is 1.